The van der Waals surface area contributed by atoms with Crippen LogP contribution in [0.15, 0.2) is 56.8 Å². The van der Waals surface area contributed by atoms with E-state index in [1.165, 1.54) is 28.0 Å². The van der Waals surface area contributed by atoms with E-state index in [0.717, 1.165) is 41.0 Å². The minimum absolute atomic E-state index is 0.0843. The zero-order chi connectivity index (χ0) is 23.5. The quantitative estimate of drug-likeness (QED) is 0.169. The van der Waals surface area contributed by atoms with E-state index >= 15 is 0 Å². The maximum Gasteiger partial charge on any atom is 0.267 e. The first-order valence-corrected chi connectivity index (χ1v) is 13.5. The largest absolute Gasteiger partial charge is 0.497 e. The molecule has 0 fully saturated rings. The first-order valence-electron chi connectivity index (χ1n) is 10.8. The van der Waals surface area contributed by atoms with Gasteiger partial charge >= 0.3 is 0 Å². The molecule has 1 amide bonds. The van der Waals surface area contributed by atoms with E-state index in [1.807, 2.05) is 41.8 Å². The molecule has 0 radical (unpaired) electrons. The minimum atomic E-state index is -0.265. The molecule has 1 aliphatic rings. The van der Waals surface area contributed by atoms with Gasteiger partial charge in [-0.15, -0.1) is 22.7 Å². The van der Waals surface area contributed by atoms with Gasteiger partial charge < -0.3 is 4.74 Å². The van der Waals surface area contributed by atoms with Crippen molar-refractivity contribution in [3.63, 3.8) is 0 Å². The van der Waals surface area contributed by atoms with E-state index < -0.39 is 0 Å². The lowest BCUT2D eigenvalue weighted by molar-refractivity contribution is -0.118. The van der Waals surface area contributed by atoms with Gasteiger partial charge in [0.1, 0.15) is 10.6 Å². The summed E-state index contributed by atoms with van der Waals surface area (Å²) < 4.78 is 6.88. The van der Waals surface area contributed by atoms with Crippen LogP contribution in [0.3, 0.4) is 0 Å². The lowest BCUT2D eigenvalue weighted by atomic mass is 9.97. The molecule has 34 heavy (non-hydrogen) atoms. The molecule has 0 aliphatic heterocycles. The molecule has 174 valence electrons. The van der Waals surface area contributed by atoms with Gasteiger partial charge in [-0.3, -0.25) is 14.2 Å². The SMILES string of the molecule is COc1ccc(-n2c(SCC(=O)NN=Cc3cccs3)nc3sc4c(c3c2=O)CCCC4)cc1. The van der Waals surface area contributed by atoms with Crippen LogP contribution in [0.5, 0.6) is 5.75 Å². The van der Waals surface area contributed by atoms with Gasteiger partial charge in [0, 0.05) is 9.75 Å². The zero-order valence-corrected chi connectivity index (χ0v) is 20.9. The van der Waals surface area contributed by atoms with Gasteiger partial charge in [-0.05, 0) is 67.0 Å². The zero-order valence-electron chi connectivity index (χ0n) is 18.4. The number of amides is 1. The summed E-state index contributed by atoms with van der Waals surface area (Å²) in [6, 6.07) is 11.1. The van der Waals surface area contributed by atoms with E-state index in [-0.39, 0.29) is 17.2 Å². The maximum absolute atomic E-state index is 13.7. The third-order valence-electron chi connectivity index (χ3n) is 5.55. The summed E-state index contributed by atoms with van der Waals surface area (Å²) >= 11 is 4.37. The second-order valence-electron chi connectivity index (χ2n) is 7.72. The van der Waals surface area contributed by atoms with E-state index in [4.69, 9.17) is 9.72 Å². The van der Waals surface area contributed by atoms with Gasteiger partial charge in [0.25, 0.3) is 11.5 Å². The molecule has 1 aliphatic carbocycles. The molecular formula is C24H22N4O3S3. The molecule has 3 aromatic heterocycles. The number of aromatic nitrogens is 2. The lowest BCUT2D eigenvalue weighted by Gasteiger charge is -2.14. The van der Waals surface area contributed by atoms with Crippen LogP contribution in [-0.4, -0.2) is 34.5 Å². The number of carbonyl (C=O) groups is 1. The highest BCUT2D eigenvalue weighted by molar-refractivity contribution is 7.99. The molecule has 1 N–H and O–H groups in total. The Balaban J connectivity index is 1.47. The Morgan fingerprint density at radius 2 is 2.09 bits per heavy atom. The van der Waals surface area contributed by atoms with Crippen molar-refractivity contribution in [1.82, 2.24) is 15.0 Å². The fourth-order valence-corrected chi connectivity index (χ4v) is 6.63. The summed E-state index contributed by atoms with van der Waals surface area (Å²) in [5.41, 5.74) is 4.29. The van der Waals surface area contributed by atoms with Crippen LogP contribution >= 0.6 is 34.4 Å². The molecule has 1 aromatic carbocycles. The molecule has 3 heterocycles. The third kappa shape index (κ3) is 4.66. The van der Waals surface area contributed by atoms with Gasteiger partial charge in [0.2, 0.25) is 0 Å². The molecule has 10 heteroatoms. The van der Waals surface area contributed by atoms with Crippen LogP contribution in [0.2, 0.25) is 0 Å². The second kappa shape index (κ2) is 10.1. The predicted octanol–water partition coefficient (Wildman–Crippen LogP) is 4.64. The number of nitrogens with one attached hydrogen (secondary N) is 1. The number of thiophene rings is 2. The van der Waals surface area contributed by atoms with E-state index in [2.05, 4.69) is 10.5 Å². The topological polar surface area (TPSA) is 85.6 Å². The van der Waals surface area contributed by atoms with E-state index in [0.29, 0.717) is 22.0 Å². The van der Waals surface area contributed by atoms with Crippen LogP contribution in [0.4, 0.5) is 0 Å². The second-order valence-corrected chi connectivity index (χ2v) is 10.7. The molecule has 0 saturated carbocycles. The third-order valence-corrected chi connectivity index (χ3v) is 8.48. The monoisotopic (exact) mass is 510 g/mol. The number of methoxy groups -OCH3 is 1. The van der Waals surface area contributed by atoms with Crippen LogP contribution in [0, 0.1) is 0 Å². The first-order chi connectivity index (χ1) is 16.6. The average molecular weight is 511 g/mol. The predicted molar refractivity (Wildman–Crippen MR) is 139 cm³/mol. The summed E-state index contributed by atoms with van der Waals surface area (Å²) in [7, 11) is 1.60. The summed E-state index contributed by atoms with van der Waals surface area (Å²) in [5.74, 6) is 0.524. The van der Waals surface area contributed by atoms with Gasteiger partial charge in [0.05, 0.1) is 30.2 Å². The number of carbonyl (C=O) groups excluding carboxylic acids is 1. The van der Waals surface area contributed by atoms with Crippen molar-refractivity contribution in [2.75, 3.05) is 12.9 Å². The Hall–Kier alpha value is -2.95. The molecule has 5 rings (SSSR count). The van der Waals surface area contributed by atoms with Crippen molar-refractivity contribution >= 4 is 56.8 Å². The van der Waals surface area contributed by atoms with Crippen molar-refractivity contribution in [2.45, 2.75) is 30.8 Å². The molecule has 0 bridgehead atoms. The van der Waals surface area contributed by atoms with Gasteiger partial charge in [-0.2, -0.15) is 5.10 Å². The molecular weight excluding hydrogens is 488 g/mol. The van der Waals surface area contributed by atoms with Crippen LogP contribution in [0.1, 0.15) is 28.2 Å². The highest BCUT2D eigenvalue weighted by Gasteiger charge is 2.23. The Morgan fingerprint density at radius 3 is 2.85 bits per heavy atom. The van der Waals surface area contributed by atoms with Crippen LogP contribution < -0.4 is 15.7 Å². The number of ether oxygens (including phenoxy) is 1. The van der Waals surface area contributed by atoms with Gasteiger partial charge in [0.15, 0.2) is 5.16 Å². The van der Waals surface area contributed by atoms with Gasteiger partial charge in [-0.25, -0.2) is 10.4 Å². The summed E-state index contributed by atoms with van der Waals surface area (Å²) in [6.07, 6.45) is 5.74. The number of fused-ring (bicyclic) bond motifs is 3. The summed E-state index contributed by atoms with van der Waals surface area (Å²) in [5, 5.41) is 7.15. The van der Waals surface area contributed by atoms with Crippen LogP contribution in [0.25, 0.3) is 15.9 Å². The molecule has 0 spiro atoms. The number of benzene rings is 1. The molecule has 4 aromatic rings. The number of nitrogens with zero attached hydrogens (tertiary/aromatic N) is 3. The van der Waals surface area contributed by atoms with E-state index in [1.54, 1.807) is 29.2 Å². The summed E-state index contributed by atoms with van der Waals surface area (Å²) in [6.45, 7) is 0. The fourth-order valence-electron chi connectivity index (χ4n) is 3.94. The molecule has 0 saturated heterocycles. The van der Waals surface area contributed by atoms with E-state index in [9.17, 15) is 9.59 Å². The first kappa shape index (κ1) is 22.8. The Labute approximate surface area is 208 Å². The standard InChI is InChI=1S/C24H22N4O3S3/c1-31-16-10-8-15(9-11-16)28-23(30)21-18-6-2-3-7-19(18)34-22(21)26-24(28)33-14-20(29)27-25-13-17-5-4-12-32-17/h4-5,8-13H,2-3,6-7,14H2,1H3,(H,27,29). The number of aryl methyl sites for hydroxylation is 2. The summed E-state index contributed by atoms with van der Waals surface area (Å²) in [4.78, 5) is 34.0. The molecule has 7 nitrogen and oxygen atoms in total. The number of hydrogen-bond acceptors (Lipinski definition) is 8. The molecule has 0 atom stereocenters. The molecule has 0 unspecified atom stereocenters. The maximum atomic E-state index is 13.7. The normalized spacial score (nSPS) is 13.3. The number of hydrazone groups is 1. The lowest BCUT2D eigenvalue weighted by Crippen LogP contribution is -2.24. The number of hydrogen-bond donors (Lipinski definition) is 1. The number of thioether (sulfide) groups is 1. The Kier molecular flexibility index (Phi) is 6.80. The van der Waals surface area contributed by atoms with Gasteiger partial charge in [-0.1, -0.05) is 17.8 Å². The van der Waals surface area contributed by atoms with Crippen molar-refractivity contribution in [1.29, 1.82) is 0 Å². The minimum Gasteiger partial charge on any atom is -0.497 e. The van der Waals surface area contributed by atoms with Crippen molar-refractivity contribution in [3.05, 3.63) is 67.4 Å². The fraction of sp³-hybridized carbons (Fsp3) is 0.250. The van der Waals surface area contributed by atoms with Crippen molar-refractivity contribution < 1.29 is 9.53 Å². The van der Waals surface area contributed by atoms with Crippen LogP contribution in [-0.2, 0) is 17.6 Å². The number of rotatable bonds is 7. The van der Waals surface area contributed by atoms with Crippen molar-refractivity contribution in [2.24, 2.45) is 5.10 Å². The average Bonchev–Trinajstić information content (AvgIpc) is 3.50. The Bertz CT molecular complexity index is 1410. The highest BCUT2D eigenvalue weighted by Crippen LogP contribution is 2.35. The van der Waals surface area contributed by atoms with Crippen molar-refractivity contribution in [3.8, 4) is 11.4 Å². The Morgan fingerprint density at radius 1 is 1.26 bits per heavy atom. The highest BCUT2D eigenvalue weighted by atomic mass is 32.2. The smallest absolute Gasteiger partial charge is 0.267 e.